The lowest BCUT2D eigenvalue weighted by Gasteiger charge is -2.43. The summed E-state index contributed by atoms with van der Waals surface area (Å²) in [7, 11) is 1.67. The fraction of sp³-hybridized carbons (Fsp3) is 0.529. The second-order valence-corrected chi connectivity index (χ2v) is 6.49. The highest BCUT2D eigenvalue weighted by Crippen LogP contribution is 2.54. The lowest BCUT2D eigenvalue weighted by Crippen LogP contribution is -2.45. The maximum Gasteiger partial charge on any atom is 0.231 e. The number of nitrogens with zero attached hydrogens (tertiary/aromatic N) is 1. The average Bonchev–Trinajstić information content (AvgIpc) is 3.14. The molecule has 1 aliphatic carbocycles. The van der Waals surface area contributed by atoms with Crippen LogP contribution in [0.5, 0.6) is 17.2 Å². The van der Waals surface area contributed by atoms with Crippen molar-refractivity contribution in [3.63, 3.8) is 0 Å². The van der Waals surface area contributed by atoms with E-state index in [9.17, 15) is 5.11 Å². The Bertz CT molecular complexity index is 684. The SMILES string of the molecule is COc1c2c(cc3c1[C@@H]1[C@H](O)CC=C4CCN(C3)[C@H]41)OCO2. The molecule has 3 atom stereocenters. The van der Waals surface area contributed by atoms with Gasteiger partial charge in [0.2, 0.25) is 12.5 Å². The predicted molar refractivity (Wildman–Crippen MR) is 79.4 cm³/mol. The number of benzene rings is 1. The van der Waals surface area contributed by atoms with Crippen molar-refractivity contribution >= 4 is 0 Å². The molecule has 0 saturated carbocycles. The third-order valence-corrected chi connectivity index (χ3v) is 5.49. The minimum absolute atomic E-state index is 0.0655. The van der Waals surface area contributed by atoms with Gasteiger partial charge in [0.1, 0.15) is 0 Å². The molecular weight excluding hydrogens is 282 g/mol. The summed E-state index contributed by atoms with van der Waals surface area (Å²) in [6, 6.07) is 2.38. The Labute approximate surface area is 129 Å². The Morgan fingerprint density at radius 2 is 2.27 bits per heavy atom. The van der Waals surface area contributed by atoms with Gasteiger partial charge in [-0.25, -0.2) is 0 Å². The molecule has 0 radical (unpaired) electrons. The largest absolute Gasteiger partial charge is 0.492 e. The number of ether oxygens (including phenoxy) is 3. The highest BCUT2D eigenvalue weighted by atomic mass is 16.7. The minimum atomic E-state index is -0.373. The average molecular weight is 301 g/mol. The number of aliphatic hydroxyl groups is 1. The number of hydrogen-bond acceptors (Lipinski definition) is 5. The molecule has 22 heavy (non-hydrogen) atoms. The zero-order valence-electron chi connectivity index (χ0n) is 12.5. The van der Waals surface area contributed by atoms with Crippen molar-refractivity contribution in [1.82, 2.24) is 4.90 Å². The Balaban J connectivity index is 1.75. The number of methoxy groups -OCH3 is 1. The van der Waals surface area contributed by atoms with Gasteiger partial charge in [-0.2, -0.15) is 0 Å². The summed E-state index contributed by atoms with van der Waals surface area (Å²) in [4.78, 5) is 2.48. The predicted octanol–water partition coefficient (Wildman–Crippen LogP) is 1.79. The molecular formula is C17H19NO4. The highest BCUT2D eigenvalue weighted by Gasteiger charge is 2.48. The van der Waals surface area contributed by atoms with E-state index in [1.165, 1.54) is 11.1 Å². The molecule has 0 amide bonds. The van der Waals surface area contributed by atoms with Crippen molar-refractivity contribution in [2.45, 2.75) is 37.5 Å². The summed E-state index contributed by atoms with van der Waals surface area (Å²) in [6.07, 6.45) is 3.69. The normalized spacial score (nSPS) is 31.5. The van der Waals surface area contributed by atoms with Gasteiger partial charge < -0.3 is 19.3 Å². The number of aliphatic hydroxyl groups excluding tert-OH is 1. The first-order valence-electron chi connectivity index (χ1n) is 7.88. The Morgan fingerprint density at radius 1 is 1.36 bits per heavy atom. The van der Waals surface area contributed by atoms with Crippen LogP contribution in [0, 0.1) is 0 Å². The first-order chi connectivity index (χ1) is 10.8. The van der Waals surface area contributed by atoms with Crippen molar-refractivity contribution < 1.29 is 19.3 Å². The molecule has 0 bridgehead atoms. The second kappa shape index (κ2) is 4.40. The van der Waals surface area contributed by atoms with Crippen molar-refractivity contribution in [3.8, 4) is 17.2 Å². The van der Waals surface area contributed by atoms with Crippen LogP contribution >= 0.6 is 0 Å². The van der Waals surface area contributed by atoms with E-state index in [0.29, 0.717) is 11.8 Å². The molecule has 1 saturated heterocycles. The quantitative estimate of drug-likeness (QED) is 0.802. The van der Waals surface area contributed by atoms with Gasteiger partial charge in [0.15, 0.2) is 11.5 Å². The van der Waals surface area contributed by atoms with Crippen LogP contribution in [0.15, 0.2) is 17.7 Å². The van der Waals surface area contributed by atoms with Gasteiger partial charge in [0.05, 0.1) is 13.2 Å². The second-order valence-electron chi connectivity index (χ2n) is 6.49. The first-order valence-corrected chi connectivity index (χ1v) is 7.88. The standard InChI is InChI=1S/C17H19NO4/c1-20-17-13-10(6-12-16(17)22-8-21-12)7-18-5-4-9-2-3-11(19)14(13)15(9)18/h2,6,11,14-15,19H,3-5,7-8H2,1H3/t11-,14+,15-/m1/s1. The van der Waals surface area contributed by atoms with E-state index in [0.717, 1.165) is 43.0 Å². The van der Waals surface area contributed by atoms with E-state index >= 15 is 0 Å². The van der Waals surface area contributed by atoms with Crippen molar-refractivity contribution in [2.75, 3.05) is 20.4 Å². The van der Waals surface area contributed by atoms with E-state index in [1.54, 1.807) is 7.11 Å². The fourth-order valence-electron chi connectivity index (χ4n) is 4.63. The molecule has 5 nitrogen and oxygen atoms in total. The molecule has 4 aliphatic rings. The van der Waals surface area contributed by atoms with Crippen LogP contribution in [-0.2, 0) is 6.54 Å². The van der Waals surface area contributed by atoms with E-state index < -0.39 is 0 Å². The lowest BCUT2D eigenvalue weighted by atomic mass is 9.73. The van der Waals surface area contributed by atoms with Gasteiger partial charge in [-0.15, -0.1) is 0 Å². The van der Waals surface area contributed by atoms with Gasteiger partial charge in [-0.05, 0) is 24.5 Å². The van der Waals surface area contributed by atoms with Gasteiger partial charge in [0.25, 0.3) is 0 Å². The molecule has 5 heteroatoms. The summed E-state index contributed by atoms with van der Waals surface area (Å²) in [5.74, 6) is 2.27. The van der Waals surface area contributed by atoms with Crippen LogP contribution in [-0.4, -0.2) is 42.6 Å². The van der Waals surface area contributed by atoms with Crippen LogP contribution < -0.4 is 14.2 Å². The van der Waals surface area contributed by atoms with Gasteiger partial charge in [-0.1, -0.05) is 11.6 Å². The molecule has 0 spiro atoms. The monoisotopic (exact) mass is 301 g/mol. The van der Waals surface area contributed by atoms with Gasteiger partial charge >= 0.3 is 0 Å². The van der Waals surface area contributed by atoms with E-state index in [1.807, 2.05) is 0 Å². The zero-order chi connectivity index (χ0) is 14.8. The maximum absolute atomic E-state index is 10.7. The molecule has 3 aliphatic heterocycles. The van der Waals surface area contributed by atoms with Gasteiger partial charge in [0, 0.05) is 30.6 Å². The summed E-state index contributed by atoms with van der Waals surface area (Å²) in [5.41, 5.74) is 3.79. The number of rotatable bonds is 1. The smallest absolute Gasteiger partial charge is 0.231 e. The molecule has 1 N–H and O–H groups in total. The molecule has 116 valence electrons. The zero-order valence-corrected chi connectivity index (χ0v) is 12.5. The third-order valence-electron chi connectivity index (χ3n) is 5.49. The van der Waals surface area contributed by atoms with Gasteiger partial charge in [-0.3, -0.25) is 4.90 Å². The van der Waals surface area contributed by atoms with Crippen molar-refractivity contribution in [2.24, 2.45) is 0 Å². The molecule has 1 aromatic rings. The molecule has 0 aromatic heterocycles. The van der Waals surface area contributed by atoms with Crippen molar-refractivity contribution in [1.29, 1.82) is 0 Å². The van der Waals surface area contributed by atoms with Crippen LogP contribution in [0.25, 0.3) is 0 Å². The summed E-state index contributed by atoms with van der Waals surface area (Å²) < 4.78 is 16.9. The van der Waals surface area contributed by atoms with Crippen LogP contribution in [0.3, 0.4) is 0 Å². The van der Waals surface area contributed by atoms with Crippen LogP contribution in [0.4, 0.5) is 0 Å². The third kappa shape index (κ3) is 1.50. The maximum atomic E-state index is 10.7. The Hall–Kier alpha value is -1.72. The highest BCUT2D eigenvalue weighted by molar-refractivity contribution is 5.63. The number of fused-ring (bicyclic) bond motifs is 3. The summed E-state index contributed by atoms with van der Waals surface area (Å²) >= 11 is 0. The van der Waals surface area contributed by atoms with E-state index in [4.69, 9.17) is 14.2 Å². The first kappa shape index (κ1) is 12.8. The van der Waals surface area contributed by atoms with Crippen LogP contribution in [0.2, 0.25) is 0 Å². The minimum Gasteiger partial charge on any atom is -0.492 e. The summed E-state index contributed by atoms with van der Waals surface area (Å²) in [6.45, 7) is 2.18. The summed E-state index contributed by atoms with van der Waals surface area (Å²) in [5, 5.41) is 10.7. The molecule has 5 rings (SSSR count). The lowest BCUT2D eigenvalue weighted by molar-refractivity contribution is 0.0813. The topological polar surface area (TPSA) is 51.2 Å². The molecule has 1 fully saturated rings. The Kier molecular flexibility index (Phi) is 2.56. The van der Waals surface area contributed by atoms with E-state index in [-0.39, 0.29) is 18.8 Å². The fourth-order valence-corrected chi connectivity index (χ4v) is 4.63. The Morgan fingerprint density at radius 3 is 3.14 bits per heavy atom. The molecule has 0 unspecified atom stereocenters. The molecule has 1 aromatic carbocycles. The number of hydrogen-bond donors (Lipinski definition) is 1. The van der Waals surface area contributed by atoms with Crippen LogP contribution in [0.1, 0.15) is 29.9 Å². The molecule has 3 heterocycles. The van der Waals surface area contributed by atoms with E-state index in [2.05, 4.69) is 17.0 Å². The van der Waals surface area contributed by atoms with Crippen molar-refractivity contribution in [3.05, 3.63) is 28.8 Å².